The number of imidazole rings is 1. The van der Waals surface area contributed by atoms with Crippen molar-refractivity contribution in [1.82, 2.24) is 9.97 Å². The summed E-state index contributed by atoms with van der Waals surface area (Å²) in [5.74, 6) is 3.91. The first-order valence-electron chi connectivity index (χ1n) is 3.68. The van der Waals surface area contributed by atoms with E-state index in [2.05, 4.69) is 29.7 Å². The van der Waals surface area contributed by atoms with Crippen LogP contribution in [0.25, 0.3) is 0 Å². The van der Waals surface area contributed by atoms with Crippen molar-refractivity contribution in [3.63, 3.8) is 0 Å². The summed E-state index contributed by atoms with van der Waals surface area (Å²) in [5.41, 5.74) is 1.71. The molecule has 0 bridgehead atoms. The van der Waals surface area contributed by atoms with Gasteiger partial charge in [-0.3, -0.25) is 0 Å². The Morgan fingerprint density at radius 1 is 1.55 bits per heavy atom. The van der Waals surface area contributed by atoms with Crippen LogP contribution in [0.15, 0.2) is 0 Å². The van der Waals surface area contributed by atoms with E-state index in [-0.39, 0.29) is 0 Å². The van der Waals surface area contributed by atoms with Gasteiger partial charge in [0.2, 0.25) is 0 Å². The second-order valence-electron chi connectivity index (χ2n) is 2.89. The normalized spacial score (nSPS) is 10.1. The topological polar surface area (TPSA) is 28.7 Å². The maximum absolute atomic E-state index is 5.23. The van der Waals surface area contributed by atoms with E-state index in [0.29, 0.717) is 5.92 Å². The first kappa shape index (κ1) is 7.87. The molecule has 0 aliphatic rings. The van der Waals surface area contributed by atoms with Crippen molar-refractivity contribution in [2.75, 3.05) is 0 Å². The number of H-pyrrole nitrogens is 1. The van der Waals surface area contributed by atoms with Crippen molar-refractivity contribution < 1.29 is 0 Å². The Labute approximate surface area is 67.0 Å². The van der Waals surface area contributed by atoms with Crippen LogP contribution in [0.1, 0.15) is 37.0 Å². The number of aryl methyl sites for hydroxylation is 1. The number of rotatable bonds is 1. The lowest BCUT2D eigenvalue weighted by atomic mass is 10.2. The van der Waals surface area contributed by atoms with Gasteiger partial charge < -0.3 is 4.98 Å². The molecule has 0 saturated carbocycles. The standard InChI is InChI=1S/C9H12N2/c1-5-8-7(4)10-9(11-8)6(2)3/h1,6H,2-4H3,(H,10,11). The molecule has 1 N–H and O–H groups in total. The zero-order chi connectivity index (χ0) is 8.43. The van der Waals surface area contributed by atoms with Gasteiger partial charge in [-0.15, -0.1) is 6.42 Å². The summed E-state index contributed by atoms with van der Waals surface area (Å²) in [7, 11) is 0. The molecular weight excluding hydrogens is 136 g/mol. The van der Waals surface area contributed by atoms with Crippen LogP contribution in [0.3, 0.4) is 0 Å². The van der Waals surface area contributed by atoms with Crippen LogP contribution in [0.5, 0.6) is 0 Å². The molecule has 1 heterocycles. The highest BCUT2D eigenvalue weighted by atomic mass is 14.9. The zero-order valence-corrected chi connectivity index (χ0v) is 7.10. The monoisotopic (exact) mass is 148 g/mol. The summed E-state index contributed by atoms with van der Waals surface area (Å²) in [5, 5.41) is 0. The number of aromatic nitrogens is 2. The maximum atomic E-state index is 5.23. The van der Waals surface area contributed by atoms with Gasteiger partial charge in [-0.1, -0.05) is 13.8 Å². The Morgan fingerprint density at radius 3 is 2.45 bits per heavy atom. The molecule has 0 aliphatic heterocycles. The highest BCUT2D eigenvalue weighted by Crippen LogP contribution is 2.12. The molecule has 0 saturated heterocycles. The van der Waals surface area contributed by atoms with E-state index < -0.39 is 0 Å². The molecule has 0 unspecified atom stereocenters. The summed E-state index contributed by atoms with van der Waals surface area (Å²) >= 11 is 0. The van der Waals surface area contributed by atoms with Gasteiger partial charge >= 0.3 is 0 Å². The van der Waals surface area contributed by atoms with E-state index in [9.17, 15) is 0 Å². The highest BCUT2D eigenvalue weighted by molar-refractivity contribution is 5.30. The van der Waals surface area contributed by atoms with Crippen molar-refractivity contribution in [1.29, 1.82) is 0 Å². The van der Waals surface area contributed by atoms with E-state index in [1.807, 2.05) is 6.92 Å². The second kappa shape index (κ2) is 2.79. The van der Waals surface area contributed by atoms with E-state index >= 15 is 0 Å². The van der Waals surface area contributed by atoms with Crippen molar-refractivity contribution in [2.45, 2.75) is 26.7 Å². The van der Waals surface area contributed by atoms with Crippen LogP contribution < -0.4 is 0 Å². The fourth-order valence-corrected chi connectivity index (χ4v) is 0.898. The van der Waals surface area contributed by atoms with Gasteiger partial charge in [0, 0.05) is 11.6 Å². The Kier molecular flexibility index (Phi) is 2.00. The molecule has 1 aromatic heterocycles. The van der Waals surface area contributed by atoms with Gasteiger partial charge in [0.05, 0.1) is 0 Å². The van der Waals surface area contributed by atoms with Crippen LogP contribution in [-0.2, 0) is 0 Å². The Balaban J connectivity index is 3.07. The average molecular weight is 148 g/mol. The molecule has 0 aromatic carbocycles. The summed E-state index contributed by atoms with van der Waals surface area (Å²) in [6.07, 6.45) is 5.23. The quantitative estimate of drug-likeness (QED) is 0.605. The molecule has 2 heteroatoms. The fraction of sp³-hybridized carbons (Fsp3) is 0.444. The van der Waals surface area contributed by atoms with Gasteiger partial charge in [-0.05, 0) is 12.8 Å². The zero-order valence-electron chi connectivity index (χ0n) is 7.10. The highest BCUT2D eigenvalue weighted by Gasteiger charge is 2.06. The molecule has 11 heavy (non-hydrogen) atoms. The molecule has 1 aromatic rings. The summed E-state index contributed by atoms with van der Waals surface area (Å²) in [6, 6.07) is 0. The lowest BCUT2D eigenvalue weighted by Crippen LogP contribution is -1.89. The number of terminal acetylenes is 1. The molecule has 0 spiro atoms. The minimum absolute atomic E-state index is 0.413. The van der Waals surface area contributed by atoms with Gasteiger partial charge in [0.15, 0.2) is 0 Å². The number of aromatic amines is 1. The first-order chi connectivity index (χ1) is 5.15. The molecule has 2 nitrogen and oxygen atoms in total. The molecular formula is C9H12N2. The molecule has 1 rings (SSSR count). The van der Waals surface area contributed by atoms with Crippen LogP contribution >= 0.6 is 0 Å². The Hall–Kier alpha value is -1.23. The van der Waals surface area contributed by atoms with Crippen LogP contribution in [-0.4, -0.2) is 9.97 Å². The summed E-state index contributed by atoms with van der Waals surface area (Å²) < 4.78 is 0. The Morgan fingerprint density at radius 2 is 2.18 bits per heavy atom. The van der Waals surface area contributed by atoms with Gasteiger partial charge in [-0.2, -0.15) is 0 Å². The smallest absolute Gasteiger partial charge is 0.134 e. The minimum atomic E-state index is 0.413. The van der Waals surface area contributed by atoms with E-state index in [1.54, 1.807) is 0 Å². The molecule has 0 atom stereocenters. The van der Waals surface area contributed by atoms with Gasteiger partial charge in [-0.25, -0.2) is 4.98 Å². The SMILES string of the molecule is C#Cc1nc(C(C)C)[nH]c1C. The molecule has 0 radical (unpaired) electrons. The van der Waals surface area contributed by atoms with E-state index in [1.165, 1.54) is 0 Å². The molecule has 0 amide bonds. The third kappa shape index (κ3) is 1.43. The summed E-state index contributed by atoms with van der Waals surface area (Å²) in [6.45, 7) is 6.10. The predicted molar refractivity (Wildman–Crippen MR) is 45.3 cm³/mol. The third-order valence-corrected chi connectivity index (χ3v) is 1.59. The van der Waals surface area contributed by atoms with Crippen molar-refractivity contribution in [2.24, 2.45) is 0 Å². The number of hydrogen-bond acceptors (Lipinski definition) is 1. The largest absolute Gasteiger partial charge is 0.345 e. The fourth-order valence-electron chi connectivity index (χ4n) is 0.898. The lowest BCUT2D eigenvalue weighted by molar-refractivity contribution is 0.791. The number of nitrogens with zero attached hydrogens (tertiary/aromatic N) is 1. The van der Waals surface area contributed by atoms with Crippen LogP contribution in [0, 0.1) is 19.3 Å². The van der Waals surface area contributed by atoms with E-state index in [0.717, 1.165) is 17.2 Å². The van der Waals surface area contributed by atoms with E-state index in [4.69, 9.17) is 6.42 Å². The van der Waals surface area contributed by atoms with Crippen molar-refractivity contribution in [3.8, 4) is 12.3 Å². The van der Waals surface area contributed by atoms with Crippen molar-refractivity contribution in [3.05, 3.63) is 17.2 Å². The maximum Gasteiger partial charge on any atom is 0.134 e. The van der Waals surface area contributed by atoms with Gasteiger partial charge in [0.25, 0.3) is 0 Å². The number of hydrogen-bond donors (Lipinski definition) is 1. The van der Waals surface area contributed by atoms with Crippen LogP contribution in [0.4, 0.5) is 0 Å². The first-order valence-corrected chi connectivity index (χ1v) is 3.68. The number of nitrogens with one attached hydrogen (secondary N) is 1. The second-order valence-corrected chi connectivity index (χ2v) is 2.89. The lowest BCUT2D eigenvalue weighted by Gasteiger charge is -1.95. The van der Waals surface area contributed by atoms with Crippen LogP contribution in [0.2, 0.25) is 0 Å². The molecule has 0 aliphatic carbocycles. The third-order valence-electron chi connectivity index (χ3n) is 1.59. The predicted octanol–water partition coefficient (Wildman–Crippen LogP) is 1.82. The molecule has 58 valence electrons. The Bertz CT molecular complexity index is 289. The van der Waals surface area contributed by atoms with Gasteiger partial charge in [0.1, 0.15) is 11.5 Å². The minimum Gasteiger partial charge on any atom is -0.345 e. The van der Waals surface area contributed by atoms with Crippen molar-refractivity contribution >= 4 is 0 Å². The molecule has 0 fully saturated rings. The summed E-state index contributed by atoms with van der Waals surface area (Å²) in [4.78, 5) is 7.38. The average Bonchev–Trinajstić information content (AvgIpc) is 2.31.